The topological polar surface area (TPSA) is 72.7 Å². The normalized spacial score (nSPS) is 11.0. The van der Waals surface area contributed by atoms with Gasteiger partial charge in [0, 0.05) is 5.69 Å². The van der Waals surface area contributed by atoms with Crippen molar-refractivity contribution in [2.45, 2.75) is 25.4 Å². The van der Waals surface area contributed by atoms with E-state index in [-0.39, 0.29) is 11.7 Å². The summed E-state index contributed by atoms with van der Waals surface area (Å²) in [5.74, 6) is 0.199. The summed E-state index contributed by atoms with van der Waals surface area (Å²) in [6, 6.07) is 16.0. The molecule has 2 aromatic carbocycles. The molecule has 4 rings (SSSR count). The largest absolute Gasteiger partial charge is 0.325 e. The molecule has 0 unspecified atom stereocenters. The van der Waals surface area contributed by atoms with Gasteiger partial charge in [0.05, 0.1) is 23.9 Å². The quantitative estimate of drug-likeness (QED) is 0.385. The van der Waals surface area contributed by atoms with Crippen molar-refractivity contribution < 1.29 is 4.79 Å². The van der Waals surface area contributed by atoms with Gasteiger partial charge in [-0.2, -0.15) is 5.10 Å². The number of benzene rings is 2. The van der Waals surface area contributed by atoms with Gasteiger partial charge in [-0.25, -0.2) is 14.6 Å². The molecule has 1 N–H and O–H groups in total. The van der Waals surface area contributed by atoms with Gasteiger partial charge in [0.25, 0.3) is 0 Å². The summed E-state index contributed by atoms with van der Waals surface area (Å²) in [4.78, 5) is 21.1. The van der Waals surface area contributed by atoms with Gasteiger partial charge < -0.3 is 5.32 Å². The van der Waals surface area contributed by atoms with Gasteiger partial charge in [0.2, 0.25) is 5.91 Å². The second kappa shape index (κ2) is 8.45. The van der Waals surface area contributed by atoms with E-state index >= 15 is 0 Å². The van der Waals surface area contributed by atoms with Crippen LogP contribution < -0.4 is 5.32 Å². The minimum Gasteiger partial charge on any atom is -0.325 e. The number of carbonyl (C=O) groups is 1. The molecule has 0 fully saturated rings. The molecule has 1 amide bonds. The highest BCUT2D eigenvalue weighted by atomic mass is 32.2. The van der Waals surface area contributed by atoms with Gasteiger partial charge in [-0.05, 0) is 42.7 Å². The van der Waals surface area contributed by atoms with Crippen LogP contribution in [0.1, 0.15) is 16.7 Å². The number of aryl methyl sites for hydroxylation is 2. The second-order valence-corrected chi connectivity index (χ2v) is 7.80. The van der Waals surface area contributed by atoms with E-state index in [4.69, 9.17) is 0 Å². The summed E-state index contributed by atoms with van der Waals surface area (Å²) >= 11 is 1.39. The lowest BCUT2D eigenvalue weighted by molar-refractivity contribution is -0.113. The highest BCUT2D eigenvalue weighted by molar-refractivity contribution is 8.00. The van der Waals surface area contributed by atoms with Crippen molar-refractivity contribution in [3.8, 4) is 0 Å². The van der Waals surface area contributed by atoms with Crippen molar-refractivity contribution in [3.63, 3.8) is 0 Å². The number of nitrogens with one attached hydrogen (secondary N) is 1. The first-order valence-electron chi connectivity index (χ1n) is 9.30. The summed E-state index contributed by atoms with van der Waals surface area (Å²) in [5, 5.41) is 9.01. The molecule has 0 aliphatic carbocycles. The number of nitrogens with zero attached hydrogens (tertiary/aromatic N) is 4. The summed E-state index contributed by atoms with van der Waals surface area (Å²) in [6.45, 7) is 4.72. The molecule has 7 heteroatoms. The van der Waals surface area contributed by atoms with Crippen LogP contribution in [0.15, 0.2) is 66.1 Å². The molecule has 2 heterocycles. The van der Waals surface area contributed by atoms with Crippen molar-refractivity contribution in [2.75, 3.05) is 11.1 Å². The maximum Gasteiger partial charge on any atom is 0.234 e. The Morgan fingerprint density at radius 1 is 1.07 bits per heavy atom. The first kappa shape index (κ1) is 19.1. The summed E-state index contributed by atoms with van der Waals surface area (Å²) in [6.07, 6.45) is 3.29. The molecule has 4 aromatic rings. The number of rotatable bonds is 6. The molecular formula is C22H21N5OS. The minimum atomic E-state index is -0.0679. The molecule has 0 aliphatic heterocycles. The zero-order valence-electron chi connectivity index (χ0n) is 16.3. The minimum absolute atomic E-state index is 0.0679. The van der Waals surface area contributed by atoms with Gasteiger partial charge in [0.1, 0.15) is 11.4 Å². The maximum absolute atomic E-state index is 12.4. The average molecular weight is 404 g/mol. The predicted octanol–water partition coefficient (Wildman–Crippen LogP) is 4.22. The molecule has 0 saturated heterocycles. The first-order valence-corrected chi connectivity index (χ1v) is 10.3. The van der Waals surface area contributed by atoms with E-state index in [0.29, 0.717) is 6.54 Å². The van der Waals surface area contributed by atoms with E-state index in [1.165, 1.54) is 23.7 Å². The Morgan fingerprint density at radius 3 is 2.69 bits per heavy atom. The third-order valence-electron chi connectivity index (χ3n) is 4.70. The van der Waals surface area contributed by atoms with E-state index in [0.717, 1.165) is 32.9 Å². The van der Waals surface area contributed by atoms with Crippen LogP contribution in [0.2, 0.25) is 0 Å². The Morgan fingerprint density at radius 2 is 1.90 bits per heavy atom. The first-order chi connectivity index (χ1) is 14.1. The Bertz CT molecular complexity index is 1160. The van der Waals surface area contributed by atoms with Crippen molar-refractivity contribution >= 4 is 34.4 Å². The summed E-state index contributed by atoms with van der Waals surface area (Å²) < 4.78 is 1.85. The number of hydrogen-bond donors (Lipinski definition) is 1. The molecule has 6 nitrogen and oxygen atoms in total. The van der Waals surface area contributed by atoms with Crippen molar-refractivity contribution in [1.29, 1.82) is 0 Å². The SMILES string of the molecule is Cc1ccc(NC(=O)CSc2ncnc3c2cnn3Cc2ccccc2)cc1C. The molecule has 0 spiro atoms. The van der Waals surface area contributed by atoms with Crippen molar-refractivity contribution in [1.82, 2.24) is 19.7 Å². The van der Waals surface area contributed by atoms with Crippen molar-refractivity contribution in [3.05, 3.63) is 77.7 Å². The van der Waals surface area contributed by atoms with E-state index in [2.05, 4.69) is 39.4 Å². The average Bonchev–Trinajstić information content (AvgIpc) is 3.13. The van der Waals surface area contributed by atoms with Gasteiger partial charge in [0.15, 0.2) is 5.65 Å². The van der Waals surface area contributed by atoms with E-state index in [1.54, 1.807) is 6.20 Å². The van der Waals surface area contributed by atoms with Crippen LogP contribution in [-0.2, 0) is 11.3 Å². The third-order valence-corrected chi connectivity index (χ3v) is 5.71. The van der Waals surface area contributed by atoms with Gasteiger partial charge in [-0.1, -0.05) is 48.2 Å². The molecule has 0 bridgehead atoms. The Hall–Kier alpha value is -3.19. The van der Waals surface area contributed by atoms with Gasteiger partial charge >= 0.3 is 0 Å². The lowest BCUT2D eigenvalue weighted by Crippen LogP contribution is -2.14. The number of hydrogen-bond acceptors (Lipinski definition) is 5. The summed E-state index contributed by atoms with van der Waals surface area (Å²) in [7, 11) is 0. The van der Waals surface area contributed by atoms with Crippen molar-refractivity contribution in [2.24, 2.45) is 0 Å². The fraction of sp³-hybridized carbons (Fsp3) is 0.182. The smallest absolute Gasteiger partial charge is 0.234 e. The lowest BCUT2D eigenvalue weighted by atomic mass is 10.1. The number of carbonyl (C=O) groups excluding carboxylic acids is 1. The molecular weight excluding hydrogens is 382 g/mol. The molecule has 2 aromatic heterocycles. The lowest BCUT2D eigenvalue weighted by Gasteiger charge is -2.08. The van der Waals surface area contributed by atoms with E-state index in [9.17, 15) is 4.79 Å². The molecule has 0 radical (unpaired) electrons. The molecule has 0 saturated carbocycles. The number of anilines is 1. The highest BCUT2D eigenvalue weighted by Gasteiger charge is 2.12. The zero-order valence-corrected chi connectivity index (χ0v) is 17.1. The van der Waals surface area contributed by atoms with Gasteiger partial charge in [-0.15, -0.1) is 0 Å². The van der Waals surface area contributed by atoms with Crippen LogP contribution in [0.5, 0.6) is 0 Å². The number of amides is 1. The van der Waals surface area contributed by atoms with Gasteiger partial charge in [-0.3, -0.25) is 4.79 Å². The van der Waals surface area contributed by atoms with Crippen LogP contribution in [0.4, 0.5) is 5.69 Å². The standard InChI is InChI=1S/C22H21N5OS/c1-15-8-9-18(10-16(15)2)26-20(28)13-29-22-19-11-25-27(21(19)23-14-24-22)12-17-6-4-3-5-7-17/h3-11,14H,12-13H2,1-2H3,(H,26,28). The van der Waals surface area contributed by atoms with Crippen LogP contribution in [-0.4, -0.2) is 31.4 Å². The van der Waals surface area contributed by atoms with E-state index < -0.39 is 0 Å². The summed E-state index contributed by atoms with van der Waals surface area (Å²) in [5.41, 5.74) is 5.08. The Kier molecular flexibility index (Phi) is 5.57. The monoisotopic (exact) mass is 403 g/mol. The van der Waals surface area contributed by atoms with Crippen LogP contribution >= 0.6 is 11.8 Å². The maximum atomic E-state index is 12.4. The number of thioether (sulfide) groups is 1. The Balaban J connectivity index is 1.45. The third kappa shape index (κ3) is 4.46. The number of aromatic nitrogens is 4. The van der Waals surface area contributed by atoms with E-state index in [1.807, 2.05) is 48.0 Å². The fourth-order valence-corrected chi connectivity index (χ4v) is 3.77. The predicted molar refractivity (Wildman–Crippen MR) is 116 cm³/mol. The highest BCUT2D eigenvalue weighted by Crippen LogP contribution is 2.25. The number of fused-ring (bicyclic) bond motifs is 1. The van der Waals surface area contributed by atoms with Crippen LogP contribution in [0.3, 0.4) is 0 Å². The fourth-order valence-electron chi connectivity index (χ4n) is 3.01. The molecule has 29 heavy (non-hydrogen) atoms. The molecule has 0 aliphatic rings. The van der Waals surface area contributed by atoms with Crippen LogP contribution in [0.25, 0.3) is 11.0 Å². The van der Waals surface area contributed by atoms with Crippen LogP contribution in [0, 0.1) is 13.8 Å². The molecule has 0 atom stereocenters. The molecule has 146 valence electrons. The second-order valence-electron chi connectivity index (χ2n) is 6.84. The Labute approximate surface area is 173 Å². The zero-order chi connectivity index (χ0) is 20.2.